The van der Waals surface area contributed by atoms with Crippen molar-refractivity contribution in [3.63, 3.8) is 0 Å². The summed E-state index contributed by atoms with van der Waals surface area (Å²) in [4.78, 5) is 4.31. The summed E-state index contributed by atoms with van der Waals surface area (Å²) in [6.45, 7) is 0. The Morgan fingerprint density at radius 2 is 1.94 bits per heavy atom. The molecule has 0 saturated heterocycles. The Hall–Kier alpha value is -1.57. The molecule has 0 N–H and O–H groups in total. The average Bonchev–Trinajstić information content (AvgIpc) is 2.40. The summed E-state index contributed by atoms with van der Waals surface area (Å²) >= 11 is 0. The van der Waals surface area contributed by atoms with Crippen LogP contribution in [0.25, 0.3) is 10.9 Å². The van der Waals surface area contributed by atoms with Gasteiger partial charge in [-0.15, -0.1) is 0 Å². The molecule has 1 aromatic heterocycles. The first kappa shape index (κ1) is 10.6. The lowest BCUT2D eigenvalue weighted by atomic mass is 9.98. The van der Waals surface area contributed by atoms with Crippen LogP contribution in [0.2, 0.25) is 0 Å². The third kappa shape index (κ3) is 2.41. The maximum atomic E-state index is 6.04. The molecule has 2 heteroatoms. The number of aromatic nitrogens is 1. The van der Waals surface area contributed by atoms with Crippen LogP contribution in [0.3, 0.4) is 0 Å². The highest BCUT2D eigenvalue weighted by atomic mass is 16.5. The number of hydrogen-bond acceptors (Lipinski definition) is 2. The topological polar surface area (TPSA) is 22.1 Å². The second-order valence-electron chi connectivity index (χ2n) is 4.74. The largest absolute Gasteiger partial charge is 0.490 e. The lowest BCUT2D eigenvalue weighted by Crippen LogP contribution is -2.19. The van der Waals surface area contributed by atoms with Crippen molar-refractivity contribution in [2.75, 3.05) is 0 Å². The van der Waals surface area contributed by atoms with Crippen LogP contribution >= 0.6 is 0 Å². The van der Waals surface area contributed by atoms with E-state index in [0.29, 0.717) is 6.10 Å². The molecule has 1 saturated carbocycles. The van der Waals surface area contributed by atoms with Gasteiger partial charge in [0.25, 0.3) is 0 Å². The van der Waals surface area contributed by atoms with E-state index in [0.717, 1.165) is 16.7 Å². The first-order valence-corrected chi connectivity index (χ1v) is 6.43. The van der Waals surface area contributed by atoms with Gasteiger partial charge in [0.05, 0.1) is 11.6 Å². The number of rotatable bonds is 2. The van der Waals surface area contributed by atoms with Gasteiger partial charge in [0.1, 0.15) is 5.75 Å². The summed E-state index contributed by atoms with van der Waals surface area (Å²) in [7, 11) is 0. The molecule has 0 amide bonds. The molecule has 17 heavy (non-hydrogen) atoms. The van der Waals surface area contributed by atoms with E-state index in [-0.39, 0.29) is 0 Å². The normalized spacial score (nSPS) is 17.2. The molecule has 1 aromatic carbocycles. The van der Waals surface area contributed by atoms with E-state index in [4.69, 9.17) is 4.74 Å². The van der Waals surface area contributed by atoms with E-state index in [1.54, 1.807) is 0 Å². The Bertz CT molecular complexity index is 503. The third-order valence-corrected chi connectivity index (χ3v) is 3.43. The van der Waals surface area contributed by atoms with Crippen molar-refractivity contribution in [3.8, 4) is 5.75 Å². The maximum Gasteiger partial charge on any atom is 0.120 e. The molecule has 0 spiro atoms. The van der Waals surface area contributed by atoms with Gasteiger partial charge in [-0.2, -0.15) is 0 Å². The van der Waals surface area contributed by atoms with Crippen LogP contribution in [0.1, 0.15) is 32.1 Å². The minimum absolute atomic E-state index is 0.415. The molecular weight excluding hydrogens is 210 g/mol. The van der Waals surface area contributed by atoms with Gasteiger partial charge < -0.3 is 4.74 Å². The smallest absolute Gasteiger partial charge is 0.120 e. The minimum Gasteiger partial charge on any atom is -0.490 e. The molecule has 3 rings (SSSR count). The number of ether oxygens (including phenoxy) is 1. The molecule has 0 unspecified atom stereocenters. The van der Waals surface area contributed by atoms with Gasteiger partial charge >= 0.3 is 0 Å². The van der Waals surface area contributed by atoms with E-state index in [2.05, 4.69) is 17.1 Å². The van der Waals surface area contributed by atoms with Gasteiger partial charge in [-0.1, -0.05) is 12.5 Å². The Morgan fingerprint density at radius 1 is 1.06 bits per heavy atom. The third-order valence-electron chi connectivity index (χ3n) is 3.43. The first-order chi connectivity index (χ1) is 8.42. The fraction of sp³-hybridized carbons (Fsp3) is 0.400. The number of hydrogen-bond donors (Lipinski definition) is 0. The van der Waals surface area contributed by atoms with Gasteiger partial charge in [-0.25, -0.2) is 0 Å². The molecule has 0 bridgehead atoms. The summed E-state index contributed by atoms with van der Waals surface area (Å²) < 4.78 is 6.04. The second-order valence-corrected chi connectivity index (χ2v) is 4.74. The minimum atomic E-state index is 0.415. The zero-order valence-electron chi connectivity index (χ0n) is 9.93. The highest BCUT2D eigenvalue weighted by Crippen LogP contribution is 2.25. The van der Waals surface area contributed by atoms with Crippen LogP contribution in [-0.4, -0.2) is 11.1 Å². The molecular formula is C15H17NO. The van der Waals surface area contributed by atoms with Gasteiger partial charge in [0.2, 0.25) is 0 Å². The van der Waals surface area contributed by atoms with Crippen LogP contribution < -0.4 is 4.74 Å². The zero-order chi connectivity index (χ0) is 11.5. The SMILES string of the molecule is c1cnc2ccc(OC3CCCCC3)cc2c1. The standard InChI is InChI=1S/C15H17NO/c1-2-6-13(7-3-1)17-14-8-9-15-12(11-14)5-4-10-16-15/h4-5,8-11,13H,1-3,6-7H2. The quantitative estimate of drug-likeness (QED) is 0.775. The fourth-order valence-corrected chi connectivity index (χ4v) is 2.50. The highest BCUT2D eigenvalue weighted by molar-refractivity contribution is 5.79. The molecule has 1 heterocycles. The average molecular weight is 227 g/mol. The van der Waals surface area contributed by atoms with E-state index < -0.39 is 0 Å². The predicted octanol–water partition coefficient (Wildman–Crippen LogP) is 3.95. The van der Waals surface area contributed by atoms with Gasteiger partial charge in [0.15, 0.2) is 0 Å². The predicted molar refractivity (Wildman–Crippen MR) is 69.2 cm³/mol. The Morgan fingerprint density at radius 3 is 2.82 bits per heavy atom. The summed E-state index contributed by atoms with van der Waals surface area (Å²) in [5, 5.41) is 1.15. The van der Waals surface area contributed by atoms with Gasteiger partial charge in [-0.05, 0) is 49.9 Å². The maximum absolute atomic E-state index is 6.04. The first-order valence-electron chi connectivity index (χ1n) is 6.43. The monoisotopic (exact) mass is 227 g/mol. The highest BCUT2D eigenvalue weighted by Gasteiger charge is 2.14. The molecule has 2 aromatic rings. The van der Waals surface area contributed by atoms with Crippen molar-refractivity contribution >= 4 is 10.9 Å². The van der Waals surface area contributed by atoms with Crippen molar-refractivity contribution in [2.24, 2.45) is 0 Å². The van der Waals surface area contributed by atoms with Crippen molar-refractivity contribution in [1.29, 1.82) is 0 Å². The van der Waals surface area contributed by atoms with Crippen LogP contribution in [-0.2, 0) is 0 Å². The lowest BCUT2D eigenvalue weighted by Gasteiger charge is -2.23. The number of pyridine rings is 1. The van der Waals surface area contributed by atoms with E-state index in [1.165, 1.54) is 32.1 Å². The van der Waals surface area contributed by atoms with E-state index in [1.807, 2.05) is 24.4 Å². The Balaban J connectivity index is 1.80. The molecule has 1 aliphatic rings. The van der Waals surface area contributed by atoms with Crippen molar-refractivity contribution in [1.82, 2.24) is 4.98 Å². The summed E-state index contributed by atoms with van der Waals surface area (Å²) in [5.74, 6) is 0.984. The fourth-order valence-electron chi connectivity index (χ4n) is 2.50. The molecule has 88 valence electrons. The number of nitrogens with zero attached hydrogens (tertiary/aromatic N) is 1. The number of benzene rings is 1. The van der Waals surface area contributed by atoms with E-state index in [9.17, 15) is 0 Å². The van der Waals surface area contributed by atoms with Crippen molar-refractivity contribution < 1.29 is 4.74 Å². The van der Waals surface area contributed by atoms with Crippen molar-refractivity contribution in [3.05, 3.63) is 36.5 Å². The molecule has 1 aliphatic carbocycles. The molecule has 0 aliphatic heterocycles. The Kier molecular flexibility index (Phi) is 2.95. The van der Waals surface area contributed by atoms with Crippen LogP contribution in [0.15, 0.2) is 36.5 Å². The molecule has 0 atom stereocenters. The van der Waals surface area contributed by atoms with E-state index >= 15 is 0 Å². The van der Waals surface area contributed by atoms with Gasteiger partial charge in [-0.3, -0.25) is 4.98 Å². The lowest BCUT2D eigenvalue weighted by molar-refractivity contribution is 0.155. The molecule has 1 fully saturated rings. The van der Waals surface area contributed by atoms with Crippen LogP contribution in [0.4, 0.5) is 0 Å². The van der Waals surface area contributed by atoms with Crippen LogP contribution in [0, 0.1) is 0 Å². The molecule has 2 nitrogen and oxygen atoms in total. The van der Waals surface area contributed by atoms with Crippen LogP contribution in [0.5, 0.6) is 5.75 Å². The Labute approximate surface area is 102 Å². The summed E-state index contributed by atoms with van der Waals surface area (Å²) in [6.07, 6.45) is 8.61. The molecule has 0 radical (unpaired) electrons. The zero-order valence-corrected chi connectivity index (χ0v) is 9.93. The summed E-state index contributed by atoms with van der Waals surface area (Å²) in [6, 6.07) is 10.2. The number of fused-ring (bicyclic) bond motifs is 1. The van der Waals surface area contributed by atoms with Gasteiger partial charge in [0, 0.05) is 11.6 Å². The van der Waals surface area contributed by atoms with Crippen molar-refractivity contribution in [2.45, 2.75) is 38.2 Å². The summed E-state index contributed by atoms with van der Waals surface area (Å²) in [5.41, 5.74) is 1.03. The second kappa shape index (κ2) is 4.74.